The first-order valence-corrected chi connectivity index (χ1v) is 17.2. The van der Waals surface area contributed by atoms with Crippen LogP contribution in [0.5, 0.6) is 0 Å². The summed E-state index contributed by atoms with van der Waals surface area (Å²) >= 11 is -2.54. The Labute approximate surface area is 149 Å². The fourth-order valence-electron chi connectivity index (χ4n) is 2.48. The van der Waals surface area contributed by atoms with Crippen molar-refractivity contribution in [2.75, 3.05) is 5.32 Å². The Morgan fingerprint density at radius 3 is 2.52 bits per heavy atom. The number of imidazole rings is 1. The third kappa shape index (κ3) is 3.74. The summed E-state index contributed by atoms with van der Waals surface area (Å²) in [5.74, 6) is 0.351. The molecule has 0 unspecified atom stereocenters. The summed E-state index contributed by atoms with van der Waals surface area (Å²) in [5.41, 5.74) is 1.34. The maximum absolute atomic E-state index is 12.7. The van der Waals surface area contributed by atoms with E-state index in [0.717, 1.165) is 9.36 Å². The molecule has 0 aliphatic rings. The Morgan fingerprint density at radius 2 is 1.87 bits per heavy atom. The molecule has 3 rings (SSSR count). The van der Waals surface area contributed by atoms with E-state index in [4.69, 9.17) is 0 Å². The van der Waals surface area contributed by atoms with Gasteiger partial charge in [-0.15, -0.1) is 17.0 Å². The van der Waals surface area contributed by atoms with E-state index >= 15 is 0 Å². The van der Waals surface area contributed by atoms with Crippen LogP contribution in [0.2, 0.25) is 14.8 Å². The predicted molar refractivity (Wildman–Crippen MR) is 101 cm³/mol. The van der Waals surface area contributed by atoms with Crippen LogP contribution in [0.1, 0.15) is 10.5 Å². The number of amides is 1. The Hall–Kier alpha value is -1.41. The third-order valence-electron chi connectivity index (χ3n) is 3.36. The quantitative estimate of drug-likeness (QED) is 0.585. The molecule has 0 fully saturated rings. The van der Waals surface area contributed by atoms with E-state index in [2.05, 4.69) is 34.5 Å². The van der Waals surface area contributed by atoms with Gasteiger partial charge in [-0.25, -0.2) is 0 Å². The number of nitrogens with one attached hydrogen (secondary N) is 1. The molecular formula is C16H19BrN4OSn. The second kappa shape index (κ2) is 7.00. The molecule has 23 heavy (non-hydrogen) atoms. The summed E-state index contributed by atoms with van der Waals surface area (Å²) in [4.78, 5) is 28.2. The van der Waals surface area contributed by atoms with Gasteiger partial charge in [-0.1, -0.05) is 0 Å². The fraction of sp³-hybridized carbons (Fsp3) is 0.188. The number of pyridine rings is 2. The monoisotopic (exact) mass is 482 g/mol. The molecule has 7 heteroatoms. The van der Waals surface area contributed by atoms with Gasteiger partial charge in [-0.05, 0) is 0 Å². The number of hydrogen-bond acceptors (Lipinski definition) is 3. The molecule has 3 aromatic heterocycles. The van der Waals surface area contributed by atoms with Crippen LogP contribution in [-0.2, 0) is 0 Å². The standard InChI is InChI=1S/C13H9N4O.3CH3.BrH.Sn/c18-13(16-11-5-1-3-7-14-11)10-9-17-8-4-2-6-12(17)15-10;;;;;/h1-8H,(H,14,16,18);3*1H3;1H;. The van der Waals surface area contributed by atoms with Crippen LogP contribution in [-0.4, -0.2) is 38.7 Å². The second-order valence-corrected chi connectivity index (χ2v) is 20.4. The van der Waals surface area contributed by atoms with Crippen molar-refractivity contribution in [3.63, 3.8) is 0 Å². The van der Waals surface area contributed by atoms with E-state index in [1.54, 1.807) is 12.3 Å². The van der Waals surface area contributed by atoms with Gasteiger partial charge in [0.05, 0.1) is 0 Å². The zero-order valence-corrected chi connectivity index (χ0v) is 17.8. The number of carbonyl (C=O) groups is 1. The van der Waals surface area contributed by atoms with E-state index < -0.39 is 18.4 Å². The summed E-state index contributed by atoms with van der Waals surface area (Å²) < 4.78 is 3.15. The van der Waals surface area contributed by atoms with Gasteiger partial charge in [0.25, 0.3) is 0 Å². The number of halogens is 1. The molecule has 5 nitrogen and oxygen atoms in total. The minimum absolute atomic E-state index is 0. The van der Waals surface area contributed by atoms with Crippen molar-refractivity contribution < 1.29 is 4.79 Å². The average Bonchev–Trinajstić information content (AvgIpc) is 2.88. The van der Waals surface area contributed by atoms with Crippen molar-refractivity contribution in [2.45, 2.75) is 14.8 Å². The molecule has 0 saturated heterocycles. The van der Waals surface area contributed by atoms with Crippen molar-refractivity contribution in [1.29, 1.82) is 0 Å². The van der Waals surface area contributed by atoms with Gasteiger partial charge in [0.1, 0.15) is 0 Å². The average molecular weight is 482 g/mol. The van der Waals surface area contributed by atoms with Crippen LogP contribution in [0.15, 0.2) is 48.8 Å². The van der Waals surface area contributed by atoms with Gasteiger partial charge in [0.15, 0.2) is 0 Å². The molecule has 0 radical (unpaired) electrons. The molecule has 1 N–H and O–H groups in total. The molecule has 0 saturated carbocycles. The first-order chi connectivity index (χ1) is 10.5. The van der Waals surface area contributed by atoms with Crippen molar-refractivity contribution in [3.05, 3.63) is 54.5 Å². The van der Waals surface area contributed by atoms with Crippen molar-refractivity contribution in [1.82, 2.24) is 14.4 Å². The number of nitrogens with zero attached hydrogens (tertiary/aromatic N) is 3. The molecule has 3 aromatic rings. The Kier molecular flexibility index (Phi) is 5.46. The van der Waals surface area contributed by atoms with Gasteiger partial charge >= 0.3 is 133 Å². The van der Waals surface area contributed by atoms with Gasteiger partial charge < -0.3 is 0 Å². The normalized spacial score (nSPS) is 11.1. The van der Waals surface area contributed by atoms with E-state index in [9.17, 15) is 4.79 Å². The zero-order chi connectivity index (χ0) is 15.7. The molecule has 0 aliphatic heterocycles. The molecule has 0 aliphatic carbocycles. The predicted octanol–water partition coefficient (Wildman–Crippen LogP) is 3.10. The Balaban J connectivity index is 0.00000192. The van der Waals surface area contributed by atoms with E-state index in [-0.39, 0.29) is 22.9 Å². The van der Waals surface area contributed by atoms with Crippen LogP contribution in [0, 0.1) is 0 Å². The van der Waals surface area contributed by atoms with Crippen LogP contribution in [0.4, 0.5) is 5.82 Å². The Bertz CT molecular complexity index is 827. The summed E-state index contributed by atoms with van der Waals surface area (Å²) in [7, 11) is 0. The van der Waals surface area contributed by atoms with Gasteiger partial charge in [0.2, 0.25) is 0 Å². The van der Waals surface area contributed by atoms with Crippen LogP contribution in [0.3, 0.4) is 0 Å². The fourth-order valence-corrected chi connectivity index (χ4v) is 7.60. The van der Waals surface area contributed by atoms with E-state index in [0.29, 0.717) is 11.5 Å². The summed E-state index contributed by atoms with van der Waals surface area (Å²) in [6.07, 6.45) is 3.64. The van der Waals surface area contributed by atoms with E-state index in [1.165, 1.54) is 0 Å². The number of carbonyl (C=O) groups excluding carboxylic acids is 1. The van der Waals surface area contributed by atoms with Crippen molar-refractivity contribution in [3.8, 4) is 0 Å². The van der Waals surface area contributed by atoms with E-state index in [1.807, 2.05) is 36.5 Å². The van der Waals surface area contributed by atoms with Gasteiger partial charge in [-0.3, -0.25) is 0 Å². The summed E-state index contributed by atoms with van der Waals surface area (Å²) in [5, 5.41) is 2.84. The number of aromatic nitrogens is 3. The Morgan fingerprint density at radius 1 is 1.13 bits per heavy atom. The van der Waals surface area contributed by atoms with Gasteiger partial charge in [-0.2, -0.15) is 0 Å². The summed E-state index contributed by atoms with van der Waals surface area (Å²) in [6.45, 7) is 0. The number of rotatable bonds is 3. The van der Waals surface area contributed by atoms with Crippen molar-refractivity contribution >= 4 is 56.4 Å². The molecule has 0 bridgehead atoms. The SMILES string of the molecule is Br.[CH3][Sn]([CH3])([CH3])[c]1c(C(=O)Nc2ccccn2)nc2ccccn12. The van der Waals surface area contributed by atoms with Gasteiger partial charge in [0, 0.05) is 0 Å². The summed E-state index contributed by atoms with van der Waals surface area (Å²) in [6, 6.07) is 11.3. The first kappa shape index (κ1) is 17.9. The number of fused-ring (bicyclic) bond motifs is 1. The van der Waals surface area contributed by atoms with Crippen molar-refractivity contribution in [2.24, 2.45) is 0 Å². The first-order valence-electron chi connectivity index (χ1n) is 7.17. The molecule has 1 amide bonds. The number of hydrogen-bond donors (Lipinski definition) is 1. The minimum atomic E-state index is -2.54. The zero-order valence-electron chi connectivity index (χ0n) is 13.3. The van der Waals surface area contributed by atoms with Crippen LogP contribution >= 0.6 is 17.0 Å². The molecule has 0 aromatic carbocycles. The molecule has 0 spiro atoms. The molecular weight excluding hydrogens is 463 g/mol. The molecule has 120 valence electrons. The third-order valence-corrected chi connectivity index (χ3v) is 8.78. The maximum atomic E-state index is 12.7. The molecule has 0 atom stereocenters. The van der Waals surface area contributed by atoms with Crippen LogP contribution in [0.25, 0.3) is 5.65 Å². The van der Waals surface area contributed by atoms with Crippen LogP contribution < -0.4 is 9.03 Å². The second-order valence-electron chi connectivity index (χ2n) is 6.16. The molecule has 3 heterocycles. The topological polar surface area (TPSA) is 59.3 Å². The number of anilines is 1.